The first-order valence-corrected chi connectivity index (χ1v) is 11.1. The van der Waals surface area contributed by atoms with Gasteiger partial charge in [-0.2, -0.15) is 11.8 Å². The van der Waals surface area contributed by atoms with Crippen molar-refractivity contribution in [3.05, 3.63) is 0 Å². The Morgan fingerprint density at radius 3 is 2.64 bits per heavy atom. The van der Waals surface area contributed by atoms with E-state index in [1.807, 2.05) is 11.8 Å². The van der Waals surface area contributed by atoms with Gasteiger partial charge in [0.2, 0.25) is 0 Å². The predicted molar refractivity (Wildman–Crippen MR) is 94.5 cm³/mol. The van der Waals surface area contributed by atoms with Gasteiger partial charge in [0.1, 0.15) is 0 Å². The fraction of sp³-hybridized carbons (Fsp3) is 0.929. The van der Waals surface area contributed by atoms with Gasteiger partial charge in [0.25, 0.3) is 0 Å². The van der Waals surface area contributed by atoms with E-state index >= 15 is 0 Å². The van der Waals surface area contributed by atoms with Crippen molar-refractivity contribution < 1.29 is 8.42 Å². The van der Waals surface area contributed by atoms with Crippen LogP contribution >= 0.6 is 11.8 Å². The van der Waals surface area contributed by atoms with Crippen molar-refractivity contribution in [2.75, 3.05) is 51.0 Å². The quantitative estimate of drug-likeness (QED) is 0.545. The average molecular weight is 349 g/mol. The average Bonchev–Trinajstić information content (AvgIpc) is 2.95. The molecule has 0 spiro atoms. The van der Waals surface area contributed by atoms with Crippen LogP contribution < -0.4 is 10.6 Å². The molecular formula is C14H28N4O2S2. The Morgan fingerprint density at radius 2 is 2.05 bits per heavy atom. The standard InChI is InChI=1S/C14H28N4O2S2/c1-15-14(17-12-3-4-13(11-12)21-2)16-5-6-18-7-9-22(19,20)10-8-18/h12-13H,3-11H2,1-2H3,(H2,15,16,17). The highest BCUT2D eigenvalue weighted by Gasteiger charge is 2.24. The number of nitrogens with zero attached hydrogens (tertiary/aromatic N) is 2. The Kier molecular flexibility index (Phi) is 6.83. The number of rotatable bonds is 5. The molecule has 0 aromatic carbocycles. The smallest absolute Gasteiger partial charge is 0.191 e. The first-order valence-electron chi connectivity index (χ1n) is 7.95. The molecule has 22 heavy (non-hydrogen) atoms. The van der Waals surface area contributed by atoms with Crippen LogP contribution in [0.15, 0.2) is 4.99 Å². The van der Waals surface area contributed by atoms with E-state index in [1.165, 1.54) is 19.3 Å². The summed E-state index contributed by atoms with van der Waals surface area (Å²) in [7, 11) is -0.990. The summed E-state index contributed by atoms with van der Waals surface area (Å²) in [6.45, 7) is 2.94. The fourth-order valence-corrected chi connectivity index (χ4v) is 5.05. The third-order valence-corrected chi connectivity index (χ3v) is 7.14. The number of thioether (sulfide) groups is 1. The van der Waals surface area contributed by atoms with Crippen LogP contribution in [-0.4, -0.2) is 81.6 Å². The van der Waals surface area contributed by atoms with Gasteiger partial charge in [0.15, 0.2) is 15.8 Å². The predicted octanol–water partition coefficient (Wildman–Crippen LogP) is 0.166. The van der Waals surface area contributed by atoms with Crippen molar-refractivity contribution in [2.24, 2.45) is 4.99 Å². The van der Waals surface area contributed by atoms with Gasteiger partial charge < -0.3 is 10.6 Å². The lowest BCUT2D eigenvalue weighted by Crippen LogP contribution is -2.47. The normalized spacial score (nSPS) is 29.5. The van der Waals surface area contributed by atoms with E-state index in [9.17, 15) is 8.42 Å². The summed E-state index contributed by atoms with van der Waals surface area (Å²) < 4.78 is 22.8. The van der Waals surface area contributed by atoms with Crippen LogP contribution in [0.3, 0.4) is 0 Å². The van der Waals surface area contributed by atoms with Gasteiger partial charge >= 0.3 is 0 Å². The SMILES string of the molecule is CN=C(NCCN1CCS(=O)(=O)CC1)NC1CCC(SC)C1. The topological polar surface area (TPSA) is 73.8 Å². The molecule has 1 saturated carbocycles. The summed E-state index contributed by atoms with van der Waals surface area (Å²) in [5.74, 6) is 1.44. The number of aliphatic imine (C=N–C) groups is 1. The minimum atomic E-state index is -2.79. The van der Waals surface area contributed by atoms with Crippen LogP contribution in [-0.2, 0) is 9.84 Å². The van der Waals surface area contributed by atoms with E-state index in [0.29, 0.717) is 19.1 Å². The number of sulfone groups is 1. The van der Waals surface area contributed by atoms with Crippen molar-refractivity contribution in [1.82, 2.24) is 15.5 Å². The molecule has 6 nitrogen and oxygen atoms in total. The monoisotopic (exact) mass is 348 g/mol. The molecule has 0 radical (unpaired) electrons. The summed E-state index contributed by atoms with van der Waals surface area (Å²) in [5, 5.41) is 7.60. The maximum absolute atomic E-state index is 11.4. The second-order valence-corrected chi connectivity index (χ2v) is 9.45. The maximum Gasteiger partial charge on any atom is 0.191 e. The minimum Gasteiger partial charge on any atom is -0.355 e. The Morgan fingerprint density at radius 1 is 1.32 bits per heavy atom. The molecule has 2 aliphatic rings. The zero-order valence-corrected chi connectivity index (χ0v) is 15.2. The lowest BCUT2D eigenvalue weighted by atomic mass is 10.2. The van der Waals surface area contributed by atoms with Gasteiger partial charge in [-0.3, -0.25) is 9.89 Å². The molecule has 2 rings (SSSR count). The van der Waals surface area contributed by atoms with E-state index in [0.717, 1.165) is 24.3 Å². The molecule has 128 valence electrons. The third-order valence-electron chi connectivity index (χ3n) is 4.44. The van der Waals surface area contributed by atoms with Crippen molar-refractivity contribution >= 4 is 27.6 Å². The molecule has 0 amide bonds. The molecule has 8 heteroatoms. The molecule has 1 aliphatic heterocycles. The van der Waals surface area contributed by atoms with Crippen molar-refractivity contribution in [2.45, 2.75) is 30.6 Å². The van der Waals surface area contributed by atoms with Crippen molar-refractivity contribution in [3.63, 3.8) is 0 Å². The summed E-state index contributed by atoms with van der Waals surface area (Å²) in [6.07, 6.45) is 5.86. The van der Waals surface area contributed by atoms with Gasteiger partial charge in [-0.25, -0.2) is 8.42 Å². The molecule has 0 aromatic heterocycles. The van der Waals surface area contributed by atoms with Crippen LogP contribution in [0.25, 0.3) is 0 Å². The second-order valence-electron chi connectivity index (χ2n) is 6.00. The first kappa shape index (κ1) is 17.9. The van der Waals surface area contributed by atoms with Crippen LogP contribution in [0, 0.1) is 0 Å². The Hall–Kier alpha value is -0.470. The van der Waals surface area contributed by atoms with Gasteiger partial charge in [-0.15, -0.1) is 0 Å². The lowest BCUT2D eigenvalue weighted by molar-refractivity contribution is 0.299. The van der Waals surface area contributed by atoms with E-state index in [2.05, 4.69) is 26.8 Å². The molecule has 1 saturated heterocycles. The molecular weight excluding hydrogens is 320 g/mol. The van der Waals surface area contributed by atoms with Crippen LogP contribution in [0.4, 0.5) is 0 Å². The number of hydrogen-bond acceptors (Lipinski definition) is 5. The molecule has 1 aliphatic carbocycles. The van der Waals surface area contributed by atoms with E-state index in [4.69, 9.17) is 0 Å². The highest BCUT2D eigenvalue weighted by molar-refractivity contribution is 7.99. The molecule has 2 atom stereocenters. The molecule has 1 heterocycles. The highest BCUT2D eigenvalue weighted by Crippen LogP contribution is 2.27. The lowest BCUT2D eigenvalue weighted by Gasteiger charge is -2.27. The Labute approximate surface area is 138 Å². The summed E-state index contributed by atoms with van der Waals surface area (Å²) in [5.41, 5.74) is 0. The number of guanidine groups is 1. The van der Waals surface area contributed by atoms with Gasteiger partial charge in [0, 0.05) is 44.5 Å². The second kappa shape index (κ2) is 8.40. The largest absolute Gasteiger partial charge is 0.355 e. The van der Waals surface area contributed by atoms with Crippen LogP contribution in [0.2, 0.25) is 0 Å². The summed E-state index contributed by atoms with van der Waals surface area (Å²) in [6, 6.07) is 0.517. The molecule has 2 fully saturated rings. The molecule has 0 aromatic rings. The van der Waals surface area contributed by atoms with E-state index in [-0.39, 0.29) is 11.5 Å². The van der Waals surface area contributed by atoms with E-state index < -0.39 is 9.84 Å². The Bertz CT molecular complexity index is 467. The fourth-order valence-electron chi connectivity index (χ4n) is 2.98. The molecule has 2 N–H and O–H groups in total. The zero-order chi connectivity index (χ0) is 16.0. The first-order chi connectivity index (χ1) is 10.5. The Balaban J connectivity index is 1.65. The van der Waals surface area contributed by atoms with Gasteiger partial charge in [-0.1, -0.05) is 0 Å². The van der Waals surface area contributed by atoms with Gasteiger partial charge in [-0.05, 0) is 25.5 Å². The molecule has 2 unspecified atom stereocenters. The third kappa shape index (κ3) is 5.62. The van der Waals surface area contributed by atoms with Crippen molar-refractivity contribution in [1.29, 1.82) is 0 Å². The van der Waals surface area contributed by atoms with Crippen LogP contribution in [0.5, 0.6) is 0 Å². The minimum absolute atomic E-state index is 0.290. The summed E-state index contributed by atoms with van der Waals surface area (Å²) in [4.78, 5) is 6.48. The number of hydrogen-bond donors (Lipinski definition) is 2. The number of nitrogens with one attached hydrogen (secondary N) is 2. The maximum atomic E-state index is 11.4. The molecule has 0 bridgehead atoms. The highest BCUT2D eigenvalue weighted by atomic mass is 32.2. The van der Waals surface area contributed by atoms with E-state index in [1.54, 1.807) is 7.05 Å². The summed E-state index contributed by atoms with van der Waals surface area (Å²) >= 11 is 1.95. The zero-order valence-electron chi connectivity index (χ0n) is 13.5. The van der Waals surface area contributed by atoms with Gasteiger partial charge in [0.05, 0.1) is 11.5 Å². The van der Waals surface area contributed by atoms with Crippen LogP contribution in [0.1, 0.15) is 19.3 Å². The van der Waals surface area contributed by atoms with Crippen molar-refractivity contribution in [3.8, 4) is 0 Å².